The lowest BCUT2D eigenvalue weighted by molar-refractivity contribution is 0.102. The number of rotatable bonds is 2. The molecule has 0 spiro atoms. The normalized spacial score (nSPS) is 11.5. The molecule has 0 unspecified atom stereocenters. The average Bonchev–Trinajstić information content (AvgIpc) is 2.42. The molecule has 0 saturated carbocycles. The van der Waals surface area contributed by atoms with Crippen LogP contribution in [0.15, 0.2) is 36.4 Å². The van der Waals surface area contributed by atoms with Crippen molar-refractivity contribution in [2.75, 3.05) is 0 Å². The summed E-state index contributed by atoms with van der Waals surface area (Å²) >= 11 is 0. The molecule has 0 radical (unpaired) electrons. The third kappa shape index (κ3) is 2.87. The highest BCUT2D eigenvalue weighted by Gasteiger charge is 2.26. The van der Waals surface area contributed by atoms with Crippen LogP contribution in [0.2, 0.25) is 0 Å². The van der Waals surface area contributed by atoms with E-state index in [0.717, 1.165) is 11.6 Å². The van der Waals surface area contributed by atoms with Crippen LogP contribution in [0.1, 0.15) is 47.8 Å². The summed E-state index contributed by atoms with van der Waals surface area (Å²) in [6.45, 7) is 7.40. The minimum Gasteiger partial charge on any atom is -0.288 e. The molecule has 0 fully saturated rings. The van der Waals surface area contributed by atoms with E-state index in [-0.39, 0.29) is 11.0 Å². The monoisotopic (exact) mass is 288 g/mol. The first-order chi connectivity index (χ1) is 9.73. The molecule has 0 aliphatic carbocycles. The zero-order valence-corrected chi connectivity index (χ0v) is 12.6. The van der Waals surface area contributed by atoms with Gasteiger partial charge in [0, 0.05) is 5.56 Å². The predicted octanol–water partition coefficient (Wildman–Crippen LogP) is 4.80. The van der Waals surface area contributed by atoms with Crippen molar-refractivity contribution in [1.82, 2.24) is 0 Å². The van der Waals surface area contributed by atoms with Crippen LogP contribution in [-0.4, -0.2) is 5.78 Å². The highest BCUT2D eigenvalue weighted by Crippen LogP contribution is 2.29. The van der Waals surface area contributed by atoms with E-state index in [0.29, 0.717) is 5.56 Å². The third-order valence-corrected chi connectivity index (χ3v) is 3.49. The fourth-order valence-electron chi connectivity index (χ4n) is 2.33. The van der Waals surface area contributed by atoms with Gasteiger partial charge in [-0.25, -0.2) is 8.78 Å². The zero-order chi connectivity index (χ0) is 15.8. The van der Waals surface area contributed by atoms with Crippen molar-refractivity contribution >= 4 is 5.78 Å². The van der Waals surface area contributed by atoms with Crippen molar-refractivity contribution < 1.29 is 13.6 Å². The van der Waals surface area contributed by atoms with Crippen LogP contribution in [0.4, 0.5) is 8.78 Å². The van der Waals surface area contributed by atoms with Crippen LogP contribution >= 0.6 is 0 Å². The summed E-state index contributed by atoms with van der Waals surface area (Å²) in [5, 5.41) is 0. The van der Waals surface area contributed by atoms with Gasteiger partial charge in [-0.15, -0.1) is 0 Å². The van der Waals surface area contributed by atoms with Gasteiger partial charge < -0.3 is 0 Å². The molecule has 2 aromatic carbocycles. The van der Waals surface area contributed by atoms with Gasteiger partial charge in [0.05, 0.1) is 5.56 Å². The maximum absolute atomic E-state index is 14.2. The highest BCUT2D eigenvalue weighted by atomic mass is 19.1. The summed E-state index contributed by atoms with van der Waals surface area (Å²) in [7, 11) is 0. The van der Waals surface area contributed by atoms with E-state index < -0.39 is 23.0 Å². The molecule has 110 valence electrons. The smallest absolute Gasteiger partial charge is 0.199 e. The molecule has 0 aromatic heterocycles. The second-order valence-corrected chi connectivity index (χ2v) is 6.18. The van der Waals surface area contributed by atoms with Crippen molar-refractivity contribution in [3.05, 3.63) is 70.3 Å². The summed E-state index contributed by atoms with van der Waals surface area (Å²) in [5.41, 5.74) is 0.603. The first-order valence-corrected chi connectivity index (χ1v) is 6.82. The van der Waals surface area contributed by atoms with Gasteiger partial charge in [0.25, 0.3) is 0 Å². The summed E-state index contributed by atoms with van der Waals surface area (Å²) in [6, 6.07) is 9.42. The van der Waals surface area contributed by atoms with Gasteiger partial charge in [-0.2, -0.15) is 0 Å². The van der Waals surface area contributed by atoms with Crippen molar-refractivity contribution in [3.8, 4) is 0 Å². The Kier molecular flexibility index (Phi) is 3.95. The van der Waals surface area contributed by atoms with Crippen LogP contribution in [0.5, 0.6) is 0 Å². The van der Waals surface area contributed by atoms with E-state index >= 15 is 0 Å². The maximum atomic E-state index is 14.2. The van der Waals surface area contributed by atoms with Gasteiger partial charge in [0.2, 0.25) is 0 Å². The lowest BCUT2D eigenvalue weighted by Crippen LogP contribution is -2.19. The molecule has 21 heavy (non-hydrogen) atoms. The van der Waals surface area contributed by atoms with E-state index in [1.165, 1.54) is 13.0 Å². The van der Waals surface area contributed by atoms with E-state index in [2.05, 4.69) is 0 Å². The largest absolute Gasteiger partial charge is 0.288 e. The Hall–Kier alpha value is -2.03. The van der Waals surface area contributed by atoms with Gasteiger partial charge in [0.15, 0.2) is 5.78 Å². The molecule has 0 saturated heterocycles. The van der Waals surface area contributed by atoms with Gasteiger partial charge in [-0.1, -0.05) is 51.1 Å². The molecular formula is C18H18F2O. The minimum absolute atomic E-state index is 0.257. The number of hydrogen-bond donors (Lipinski definition) is 0. The van der Waals surface area contributed by atoms with E-state index in [1.54, 1.807) is 12.1 Å². The van der Waals surface area contributed by atoms with Gasteiger partial charge in [-0.05, 0) is 29.5 Å². The number of ketones is 1. The summed E-state index contributed by atoms with van der Waals surface area (Å²) < 4.78 is 28.1. The Morgan fingerprint density at radius 2 is 1.62 bits per heavy atom. The van der Waals surface area contributed by atoms with Crippen molar-refractivity contribution in [2.24, 2.45) is 0 Å². The van der Waals surface area contributed by atoms with E-state index in [1.807, 2.05) is 32.9 Å². The number of hydrogen-bond acceptors (Lipinski definition) is 1. The van der Waals surface area contributed by atoms with Gasteiger partial charge >= 0.3 is 0 Å². The predicted molar refractivity (Wildman–Crippen MR) is 79.7 cm³/mol. The number of carbonyl (C=O) groups excluding carboxylic acids is 1. The molecule has 0 aliphatic heterocycles. The molecule has 2 aromatic rings. The van der Waals surface area contributed by atoms with Crippen LogP contribution in [0.25, 0.3) is 0 Å². The molecule has 0 heterocycles. The van der Waals surface area contributed by atoms with E-state index in [4.69, 9.17) is 0 Å². The lowest BCUT2D eigenvalue weighted by Gasteiger charge is -2.22. The molecule has 0 bridgehead atoms. The molecule has 0 N–H and O–H groups in total. The second kappa shape index (κ2) is 5.40. The Balaban J connectivity index is 2.65. The lowest BCUT2D eigenvalue weighted by atomic mass is 9.81. The Bertz CT molecular complexity index is 697. The van der Waals surface area contributed by atoms with Crippen molar-refractivity contribution in [2.45, 2.75) is 33.1 Å². The first-order valence-electron chi connectivity index (χ1n) is 6.82. The second-order valence-electron chi connectivity index (χ2n) is 6.18. The molecule has 0 atom stereocenters. The number of aryl methyl sites for hydroxylation is 1. The first kappa shape index (κ1) is 15.4. The van der Waals surface area contributed by atoms with Crippen LogP contribution in [-0.2, 0) is 5.41 Å². The van der Waals surface area contributed by atoms with Gasteiger partial charge in [-0.3, -0.25) is 4.79 Å². The average molecular weight is 288 g/mol. The van der Waals surface area contributed by atoms with Crippen LogP contribution in [0, 0.1) is 18.6 Å². The Morgan fingerprint density at radius 3 is 2.24 bits per heavy atom. The third-order valence-electron chi connectivity index (χ3n) is 3.49. The highest BCUT2D eigenvalue weighted by molar-refractivity contribution is 6.10. The maximum Gasteiger partial charge on any atom is 0.199 e. The topological polar surface area (TPSA) is 17.1 Å². The minimum atomic E-state index is -0.827. The summed E-state index contributed by atoms with van der Waals surface area (Å²) in [4.78, 5) is 12.6. The molecule has 1 nitrogen and oxygen atoms in total. The fourth-order valence-corrected chi connectivity index (χ4v) is 2.33. The number of carbonyl (C=O) groups is 1. The molecule has 0 amide bonds. The van der Waals surface area contributed by atoms with E-state index in [9.17, 15) is 13.6 Å². The Labute approximate surface area is 123 Å². The van der Waals surface area contributed by atoms with Crippen molar-refractivity contribution in [3.63, 3.8) is 0 Å². The SMILES string of the molecule is Cc1ccc(F)c(C(=O)c2ccccc2C(C)(C)C)c1F. The van der Waals surface area contributed by atoms with Crippen LogP contribution in [0.3, 0.4) is 0 Å². The van der Waals surface area contributed by atoms with Gasteiger partial charge in [0.1, 0.15) is 11.6 Å². The fraction of sp³-hybridized carbons (Fsp3) is 0.278. The standard InChI is InChI=1S/C18H18F2O/c1-11-9-10-14(19)15(16(11)20)17(21)12-7-5-6-8-13(12)18(2,3)4/h5-10H,1-4H3. The number of benzene rings is 2. The Morgan fingerprint density at radius 1 is 1.00 bits per heavy atom. The van der Waals surface area contributed by atoms with Crippen molar-refractivity contribution in [1.29, 1.82) is 0 Å². The summed E-state index contributed by atoms with van der Waals surface area (Å²) in [6.07, 6.45) is 0. The quantitative estimate of drug-likeness (QED) is 0.725. The molecule has 3 heteroatoms. The summed E-state index contributed by atoms with van der Waals surface area (Å²) in [5.74, 6) is -2.23. The molecule has 0 aliphatic rings. The zero-order valence-electron chi connectivity index (χ0n) is 12.6. The molecular weight excluding hydrogens is 270 g/mol. The molecule has 2 rings (SSSR count). The number of halogens is 2. The van der Waals surface area contributed by atoms with Crippen LogP contribution < -0.4 is 0 Å².